The average Bonchev–Trinajstić information content (AvgIpc) is 3.38. The maximum atomic E-state index is 14.7. The molecule has 4 aromatic rings. The summed E-state index contributed by atoms with van der Waals surface area (Å²) in [6.07, 6.45) is 1.26. The smallest absolute Gasteiger partial charge is 0.320 e. The molecule has 0 fully saturated rings. The van der Waals surface area contributed by atoms with E-state index in [0.717, 1.165) is 5.56 Å². The Morgan fingerprint density at radius 2 is 2.06 bits per heavy atom. The second-order valence-electron chi connectivity index (χ2n) is 7.85. The second kappa shape index (κ2) is 9.21. The number of hydrogen-bond donors (Lipinski definition) is 2. The highest BCUT2D eigenvalue weighted by Gasteiger charge is 2.17. The van der Waals surface area contributed by atoms with Gasteiger partial charge < -0.3 is 19.7 Å². The Balaban J connectivity index is 1.60. The minimum atomic E-state index is -0.954. The first kappa shape index (κ1) is 22.8. The van der Waals surface area contributed by atoms with E-state index in [-0.39, 0.29) is 24.5 Å². The predicted molar refractivity (Wildman–Crippen MR) is 121 cm³/mol. The number of ether oxygens (including phenoxy) is 1. The van der Waals surface area contributed by atoms with Gasteiger partial charge in [-0.15, -0.1) is 0 Å². The Labute approximate surface area is 193 Å². The number of aromatic nitrogens is 3. The molecule has 0 aliphatic carbocycles. The van der Waals surface area contributed by atoms with E-state index in [2.05, 4.69) is 15.5 Å². The van der Waals surface area contributed by atoms with Crippen molar-refractivity contribution in [3.63, 3.8) is 0 Å². The highest BCUT2D eigenvalue weighted by molar-refractivity contribution is 6.32. The van der Waals surface area contributed by atoms with Gasteiger partial charge in [-0.25, -0.2) is 4.39 Å². The van der Waals surface area contributed by atoms with E-state index in [0.29, 0.717) is 27.2 Å². The van der Waals surface area contributed by atoms with Crippen LogP contribution in [0, 0.1) is 5.82 Å². The number of nitrogens with zero attached hydrogens (tertiary/aromatic N) is 3. The maximum Gasteiger partial charge on any atom is 0.320 e. The van der Waals surface area contributed by atoms with Crippen molar-refractivity contribution in [2.45, 2.75) is 39.5 Å². The van der Waals surface area contributed by atoms with Gasteiger partial charge in [0.2, 0.25) is 0 Å². The van der Waals surface area contributed by atoms with Crippen molar-refractivity contribution in [2.75, 3.05) is 0 Å². The van der Waals surface area contributed by atoms with Crippen LogP contribution in [0.1, 0.15) is 26.3 Å². The van der Waals surface area contributed by atoms with Crippen LogP contribution in [0.15, 0.2) is 47.1 Å². The number of rotatable bonds is 8. The molecule has 1 atom stereocenters. The zero-order valence-corrected chi connectivity index (χ0v) is 18.9. The Bertz CT molecular complexity index is 1320. The summed E-state index contributed by atoms with van der Waals surface area (Å²) in [5.41, 5.74) is 1.90. The third kappa shape index (κ3) is 4.84. The molecule has 0 spiro atoms. The summed E-state index contributed by atoms with van der Waals surface area (Å²) in [5, 5.41) is 16.6. The van der Waals surface area contributed by atoms with E-state index >= 15 is 0 Å². The van der Waals surface area contributed by atoms with Crippen LogP contribution in [-0.4, -0.2) is 37.9 Å². The number of benzene rings is 2. The van der Waals surface area contributed by atoms with Gasteiger partial charge >= 0.3 is 5.97 Å². The van der Waals surface area contributed by atoms with Gasteiger partial charge in [-0.3, -0.25) is 9.36 Å². The number of nitrogens with one attached hydrogen (secondary N) is 1. The predicted octanol–water partition coefficient (Wildman–Crippen LogP) is 4.82. The summed E-state index contributed by atoms with van der Waals surface area (Å²) in [5.74, 6) is -0.458. The minimum Gasteiger partial charge on any atom is -0.489 e. The van der Waals surface area contributed by atoms with E-state index in [1.54, 1.807) is 43.3 Å². The Morgan fingerprint density at radius 1 is 1.27 bits per heavy atom. The lowest BCUT2D eigenvalue weighted by molar-refractivity contribution is -0.139. The van der Waals surface area contributed by atoms with Crippen LogP contribution in [0.2, 0.25) is 5.02 Å². The number of carboxylic acids is 1. The lowest BCUT2D eigenvalue weighted by Gasteiger charge is -2.11. The number of fused-ring (bicyclic) bond motifs is 1. The molecule has 2 aromatic heterocycles. The zero-order valence-electron chi connectivity index (χ0n) is 18.2. The quantitative estimate of drug-likeness (QED) is 0.379. The maximum absolute atomic E-state index is 14.7. The van der Waals surface area contributed by atoms with Crippen molar-refractivity contribution in [2.24, 2.45) is 0 Å². The molecule has 10 heteroatoms. The summed E-state index contributed by atoms with van der Waals surface area (Å²) in [7, 11) is 0. The third-order valence-electron chi connectivity index (χ3n) is 4.98. The molecule has 8 nitrogen and oxygen atoms in total. The number of aliphatic carboxylic acids is 1. The molecule has 2 aromatic carbocycles. The van der Waals surface area contributed by atoms with Crippen molar-refractivity contribution in [1.29, 1.82) is 0 Å². The zero-order chi connectivity index (χ0) is 23.7. The molecular weight excluding hydrogens is 451 g/mol. The molecule has 0 aliphatic heterocycles. The highest BCUT2D eigenvalue weighted by atomic mass is 35.5. The lowest BCUT2D eigenvalue weighted by Crippen LogP contribution is -2.33. The molecule has 0 saturated carbocycles. The first-order chi connectivity index (χ1) is 15.7. The molecule has 4 rings (SSSR count). The summed E-state index contributed by atoms with van der Waals surface area (Å²) < 4.78 is 27.2. The molecule has 2 N–H and O–H groups in total. The van der Waals surface area contributed by atoms with E-state index < -0.39 is 17.8 Å². The van der Waals surface area contributed by atoms with Crippen LogP contribution in [0.4, 0.5) is 4.39 Å². The average molecular weight is 473 g/mol. The molecule has 0 radical (unpaired) electrons. The fourth-order valence-electron chi connectivity index (χ4n) is 3.28. The van der Waals surface area contributed by atoms with Crippen molar-refractivity contribution in [1.82, 2.24) is 20.0 Å². The normalized spacial score (nSPS) is 12.4. The number of carbonyl (C=O) groups is 1. The van der Waals surface area contributed by atoms with Crippen molar-refractivity contribution in [3.05, 3.63) is 59.0 Å². The summed E-state index contributed by atoms with van der Waals surface area (Å²) in [6, 6.07) is 9.62. The van der Waals surface area contributed by atoms with E-state index in [1.165, 1.54) is 10.8 Å². The van der Waals surface area contributed by atoms with Crippen LogP contribution in [0.3, 0.4) is 0 Å². The van der Waals surface area contributed by atoms with Gasteiger partial charge in [0, 0.05) is 23.7 Å². The van der Waals surface area contributed by atoms with E-state index in [9.17, 15) is 9.18 Å². The van der Waals surface area contributed by atoms with Crippen LogP contribution in [0.5, 0.6) is 5.75 Å². The van der Waals surface area contributed by atoms with Gasteiger partial charge in [-0.2, -0.15) is 4.98 Å². The van der Waals surface area contributed by atoms with Crippen molar-refractivity contribution >= 4 is 28.5 Å². The number of halogens is 2. The Morgan fingerprint density at radius 3 is 2.76 bits per heavy atom. The monoisotopic (exact) mass is 472 g/mol. The van der Waals surface area contributed by atoms with Gasteiger partial charge in [0.05, 0.1) is 16.6 Å². The van der Waals surface area contributed by atoms with Gasteiger partial charge in [0.15, 0.2) is 0 Å². The largest absolute Gasteiger partial charge is 0.489 e. The molecule has 2 heterocycles. The molecule has 0 amide bonds. The van der Waals surface area contributed by atoms with E-state index in [4.69, 9.17) is 26.0 Å². The first-order valence-corrected chi connectivity index (χ1v) is 10.7. The molecule has 0 aliphatic rings. The Hall–Kier alpha value is -3.43. The molecule has 172 valence electrons. The van der Waals surface area contributed by atoms with Gasteiger partial charge in [0.25, 0.3) is 11.8 Å². The first-order valence-electron chi connectivity index (χ1n) is 10.3. The highest BCUT2D eigenvalue weighted by Crippen LogP contribution is 2.31. The van der Waals surface area contributed by atoms with Gasteiger partial charge in [-0.05, 0) is 61.8 Å². The standard InChI is InChI=1S/C23H22ClFN4O4/c1-12(2)32-20-7-5-15(9-17(20)24)21-27-23(28-33-21)29-11-18(25)16-8-14(4-6-19(16)29)10-26-13(3)22(30)31/h4-9,11-13,26H,10H2,1-3H3,(H,30,31). The number of carboxylic acid groups (broad SMARTS) is 1. The van der Waals surface area contributed by atoms with Crippen molar-refractivity contribution in [3.8, 4) is 23.2 Å². The summed E-state index contributed by atoms with van der Waals surface area (Å²) in [4.78, 5) is 15.4. The molecule has 33 heavy (non-hydrogen) atoms. The fraction of sp³-hybridized carbons (Fsp3) is 0.261. The molecular formula is C23H22ClFN4O4. The molecule has 1 unspecified atom stereocenters. The van der Waals surface area contributed by atoms with E-state index in [1.807, 2.05) is 13.8 Å². The minimum absolute atomic E-state index is 0.0165. The lowest BCUT2D eigenvalue weighted by atomic mass is 10.1. The van der Waals surface area contributed by atoms with Gasteiger partial charge in [-0.1, -0.05) is 17.7 Å². The third-order valence-corrected chi connectivity index (χ3v) is 5.27. The Kier molecular flexibility index (Phi) is 6.35. The molecule has 0 saturated heterocycles. The fourth-order valence-corrected chi connectivity index (χ4v) is 3.51. The van der Waals surface area contributed by atoms with Crippen LogP contribution < -0.4 is 10.1 Å². The second-order valence-corrected chi connectivity index (χ2v) is 8.26. The summed E-state index contributed by atoms with van der Waals surface area (Å²) >= 11 is 6.30. The van der Waals surface area contributed by atoms with Gasteiger partial charge in [0.1, 0.15) is 17.6 Å². The SMILES string of the molecule is CC(C)Oc1ccc(-c2nc(-n3cc(F)c4cc(CNC(C)C(=O)O)ccc43)no2)cc1Cl. The van der Waals surface area contributed by atoms with Crippen LogP contribution >= 0.6 is 11.6 Å². The van der Waals surface area contributed by atoms with Crippen LogP contribution in [0.25, 0.3) is 28.3 Å². The van der Waals surface area contributed by atoms with Crippen LogP contribution in [-0.2, 0) is 11.3 Å². The number of hydrogen-bond acceptors (Lipinski definition) is 6. The van der Waals surface area contributed by atoms with Crippen molar-refractivity contribution < 1.29 is 23.6 Å². The summed E-state index contributed by atoms with van der Waals surface area (Å²) in [6.45, 7) is 5.65. The topological polar surface area (TPSA) is 102 Å². The molecule has 0 bridgehead atoms.